The number of nitrogens with zero attached hydrogens (tertiary/aromatic N) is 1. The van der Waals surface area contributed by atoms with Gasteiger partial charge in [-0.25, -0.2) is 15.2 Å². The fourth-order valence-corrected chi connectivity index (χ4v) is 6.06. The van der Waals surface area contributed by atoms with Crippen LogP contribution in [-0.2, 0) is 9.53 Å². The predicted molar refractivity (Wildman–Crippen MR) is 120 cm³/mol. The van der Waals surface area contributed by atoms with Crippen LogP contribution in [0.2, 0.25) is 0 Å². The van der Waals surface area contributed by atoms with Crippen LogP contribution in [0, 0.1) is 0 Å². The molecule has 0 aromatic carbocycles. The van der Waals surface area contributed by atoms with Gasteiger partial charge in [0.25, 0.3) is 0 Å². The van der Waals surface area contributed by atoms with Crippen LogP contribution in [0.15, 0.2) is 23.1 Å². The van der Waals surface area contributed by atoms with Crippen molar-refractivity contribution in [3.8, 4) is 0 Å². The Morgan fingerprint density at radius 1 is 1.21 bits per heavy atom. The van der Waals surface area contributed by atoms with Crippen LogP contribution >= 0.6 is 11.8 Å². The Hall–Kier alpha value is -0.780. The first-order valence-corrected chi connectivity index (χ1v) is 12.2. The van der Waals surface area contributed by atoms with Crippen LogP contribution in [0.1, 0.15) is 92.3 Å². The molecule has 3 aliphatic rings. The van der Waals surface area contributed by atoms with Crippen LogP contribution in [-0.4, -0.2) is 34.5 Å². The summed E-state index contributed by atoms with van der Waals surface area (Å²) >= 11 is 1.86. The number of hydrogen-bond acceptors (Lipinski definition) is 5. The monoisotopic (exact) mass is 408 g/mol. The van der Waals surface area contributed by atoms with Crippen molar-refractivity contribution in [2.45, 2.75) is 108 Å². The van der Waals surface area contributed by atoms with E-state index in [-0.39, 0.29) is 12.3 Å². The van der Waals surface area contributed by atoms with Gasteiger partial charge in [-0.1, -0.05) is 44.6 Å². The summed E-state index contributed by atoms with van der Waals surface area (Å²) in [5, 5.41) is 2.68. The van der Waals surface area contributed by atoms with Gasteiger partial charge in [0.05, 0.1) is 11.5 Å². The largest absolute Gasteiger partial charge is 0.463 e. The summed E-state index contributed by atoms with van der Waals surface area (Å²) in [5.74, 6) is -0.254. The Morgan fingerprint density at radius 2 is 1.82 bits per heavy atom. The molecular formula is C23H40N2O2S. The Morgan fingerprint density at radius 3 is 2.39 bits per heavy atom. The van der Waals surface area contributed by atoms with E-state index in [0.29, 0.717) is 18.7 Å². The van der Waals surface area contributed by atoms with Gasteiger partial charge >= 0.3 is 5.97 Å². The molecule has 2 saturated carbocycles. The fourth-order valence-electron chi connectivity index (χ4n) is 4.84. The van der Waals surface area contributed by atoms with Crippen molar-refractivity contribution in [1.29, 1.82) is 0 Å². The molecule has 1 unspecified atom stereocenters. The average molecular weight is 409 g/mol. The lowest BCUT2D eigenvalue weighted by Gasteiger charge is -2.47. The van der Waals surface area contributed by atoms with Gasteiger partial charge in [-0.15, -0.1) is 11.8 Å². The summed E-state index contributed by atoms with van der Waals surface area (Å²) in [5.41, 5.74) is 4.02. The molecule has 0 aromatic heterocycles. The lowest BCUT2D eigenvalue weighted by atomic mass is 9.90. The summed E-state index contributed by atoms with van der Waals surface area (Å²) in [6.45, 7) is 4.60. The average Bonchev–Trinajstić information content (AvgIpc) is 2.72. The molecule has 0 aromatic rings. The third-order valence-corrected chi connectivity index (χ3v) is 7.57. The summed E-state index contributed by atoms with van der Waals surface area (Å²) < 4.78 is 5.02. The van der Waals surface area contributed by atoms with Gasteiger partial charge in [0, 0.05) is 24.5 Å². The number of esters is 1. The molecule has 0 spiro atoms. The summed E-state index contributed by atoms with van der Waals surface area (Å²) in [6.07, 6.45) is 21.5. The standard InChI is InChI=1S/C23H38N2O2S.H2/c1-3-27-22(26)17-16-21-15-10-18-23(2,28-21)24-25(19-11-6-4-7-12-19)20-13-8-5-9-14-20;/h15-17,19-20,24H,3-14,18H2,1-2H3;1H/b17-16+;. The Balaban J connectivity index is 0.00000300. The van der Waals surface area contributed by atoms with Crippen molar-refractivity contribution in [2.24, 2.45) is 0 Å². The minimum atomic E-state index is -0.254. The topological polar surface area (TPSA) is 41.6 Å². The van der Waals surface area contributed by atoms with Gasteiger partial charge in [0.15, 0.2) is 0 Å². The highest BCUT2D eigenvalue weighted by atomic mass is 32.2. The molecule has 1 N–H and O–H groups in total. The van der Waals surface area contributed by atoms with Crippen LogP contribution < -0.4 is 5.43 Å². The van der Waals surface area contributed by atoms with Gasteiger partial charge in [-0.3, -0.25) is 0 Å². The molecule has 1 heterocycles. The van der Waals surface area contributed by atoms with E-state index in [2.05, 4.69) is 23.4 Å². The molecule has 2 fully saturated rings. The lowest BCUT2D eigenvalue weighted by Crippen LogP contribution is -2.59. The third-order valence-electron chi connectivity index (χ3n) is 6.28. The lowest BCUT2D eigenvalue weighted by molar-refractivity contribution is -0.137. The second kappa shape index (κ2) is 10.8. The van der Waals surface area contributed by atoms with Crippen LogP contribution in [0.4, 0.5) is 0 Å². The molecule has 28 heavy (non-hydrogen) atoms. The third kappa shape index (κ3) is 6.36. The molecule has 0 amide bonds. The van der Waals surface area contributed by atoms with E-state index in [1.165, 1.54) is 69.1 Å². The molecule has 0 bridgehead atoms. The smallest absolute Gasteiger partial charge is 0.330 e. The number of carbonyl (C=O) groups excluding carboxylic acids is 1. The van der Waals surface area contributed by atoms with E-state index < -0.39 is 0 Å². The quantitative estimate of drug-likeness (QED) is 0.320. The summed E-state index contributed by atoms with van der Waals surface area (Å²) in [6, 6.07) is 1.36. The molecule has 1 aliphatic heterocycles. The first-order chi connectivity index (χ1) is 13.6. The summed E-state index contributed by atoms with van der Waals surface area (Å²) in [4.78, 5) is 12.8. The maximum absolute atomic E-state index is 11.7. The second-order valence-electron chi connectivity index (χ2n) is 8.67. The van der Waals surface area contributed by atoms with Crippen molar-refractivity contribution >= 4 is 17.7 Å². The number of carbonyl (C=O) groups is 1. The first kappa shape index (κ1) is 21.9. The van der Waals surface area contributed by atoms with Crippen LogP contribution in [0.25, 0.3) is 0 Å². The minimum Gasteiger partial charge on any atom is -0.463 e. The highest BCUT2D eigenvalue weighted by Crippen LogP contribution is 2.41. The number of rotatable bonds is 7. The fraction of sp³-hybridized carbons (Fsp3) is 0.783. The maximum Gasteiger partial charge on any atom is 0.330 e. The number of allylic oxidation sites excluding steroid dienone is 2. The molecule has 0 saturated heterocycles. The number of hydrazine groups is 1. The first-order valence-electron chi connectivity index (χ1n) is 11.4. The van der Waals surface area contributed by atoms with Gasteiger partial charge in [0.1, 0.15) is 0 Å². The zero-order valence-electron chi connectivity index (χ0n) is 17.8. The molecular weight excluding hydrogens is 368 g/mol. The van der Waals surface area contributed by atoms with E-state index in [4.69, 9.17) is 4.74 Å². The van der Waals surface area contributed by atoms with Crippen molar-refractivity contribution in [3.63, 3.8) is 0 Å². The van der Waals surface area contributed by atoms with E-state index >= 15 is 0 Å². The number of hydrogen-bond donors (Lipinski definition) is 1. The Kier molecular flexibility index (Phi) is 8.49. The van der Waals surface area contributed by atoms with Crippen molar-refractivity contribution < 1.29 is 11.0 Å². The molecule has 0 radical (unpaired) electrons. The summed E-state index contributed by atoms with van der Waals surface area (Å²) in [7, 11) is 0. The van der Waals surface area contributed by atoms with Gasteiger partial charge in [0.2, 0.25) is 0 Å². The molecule has 3 rings (SSSR count). The molecule has 2 aliphatic carbocycles. The predicted octanol–water partition coefficient (Wildman–Crippen LogP) is 5.95. The minimum absolute atomic E-state index is 0. The zero-order valence-corrected chi connectivity index (χ0v) is 18.6. The normalized spacial score (nSPS) is 27.9. The molecule has 160 valence electrons. The SMILES string of the molecule is CCOC(=O)/C=C/C1=CCCC(C)(NN(C2CCCCC2)C2CCCCC2)S1.[HH]. The van der Waals surface area contributed by atoms with E-state index in [9.17, 15) is 4.79 Å². The van der Waals surface area contributed by atoms with Gasteiger partial charge < -0.3 is 4.74 Å². The Bertz CT molecular complexity index is 553. The van der Waals surface area contributed by atoms with E-state index in [0.717, 1.165) is 12.8 Å². The van der Waals surface area contributed by atoms with Crippen LogP contribution in [0.3, 0.4) is 0 Å². The Labute approximate surface area is 177 Å². The molecule has 5 heteroatoms. The van der Waals surface area contributed by atoms with E-state index in [1.807, 2.05) is 24.8 Å². The van der Waals surface area contributed by atoms with Crippen LogP contribution in [0.5, 0.6) is 0 Å². The maximum atomic E-state index is 11.7. The van der Waals surface area contributed by atoms with E-state index in [1.54, 1.807) is 6.08 Å². The van der Waals surface area contributed by atoms with Crippen molar-refractivity contribution in [1.82, 2.24) is 10.4 Å². The van der Waals surface area contributed by atoms with Gasteiger partial charge in [-0.2, -0.15) is 0 Å². The molecule has 1 atom stereocenters. The van der Waals surface area contributed by atoms with Gasteiger partial charge in [-0.05, 0) is 58.4 Å². The van der Waals surface area contributed by atoms with Crippen molar-refractivity contribution in [2.75, 3.05) is 6.61 Å². The molecule has 4 nitrogen and oxygen atoms in total. The van der Waals surface area contributed by atoms with Crippen molar-refractivity contribution in [3.05, 3.63) is 23.1 Å². The second-order valence-corrected chi connectivity index (χ2v) is 10.2. The highest BCUT2D eigenvalue weighted by molar-refractivity contribution is 8.04. The number of nitrogens with one attached hydrogen (secondary N) is 1. The highest BCUT2D eigenvalue weighted by Gasteiger charge is 2.36. The number of thioether (sulfide) groups is 1. The number of ether oxygens (including phenoxy) is 1. The zero-order chi connectivity index (χ0) is 19.8.